The smallest absolute Gasteiger partial charge is 0.346 e. The van der Waals surface area contributed by atoms with Crippen LogP contribution in [-0.2, 0) is 17.5 Å². The summed E-state index contributed by atoms with van der Waals surface area (Å²) in [4.78, 5) is 3.73. The van der Waals surface area contributed by atoms with Crippen molar-refractivity contribution in [2.24, 2.45) is 7.05 Å². The summed E-state index contributed by atoms with van der Waals surface area (Å²) in [5.41, 5.74) is -2.47. The molecule has 1 unspecified atom stereocenters. The Labute approximate surface area is 90.4 Å². The van der Waals surface area contributed by atoms with Gasteiger partial charge in [0.15, 0.2) is 5.82 Å². The van der Waals surface area contributed by atoms with E-state index in [0.717, 1.165) is 0 Å². The molecule has 1 saturated heterocycles. The predicted octanol–water partition coefficient (Wildman–Crippen LogP) is 1.15. The van der Waals surface area contributed by atoms with Crippen molar-refractivity contribution in [3.8, 4) is 0 Å². The normalized spacial score (nSPS) is 27.0. The molecule has 0 radical (unpaired) electrons. The molecule has 1 aromatic heterocycles. The van der Waals surface area contributed by atoms with Crippen molar-refractivity contribution >= 4 is 0 Å². The lowest BCUT2D eigenvalue weighted by Crippen LogP contribution is -2.60. The molecule has 16 heavy (non-hydrogen) atoms. The number of hydrogen-bond donors (Lipinski definition) is 1. The van der Waals surface area contributed by atoms with Crippen LogP contribution < -0.4 is 5.32 Å². The summed E-state index contributed by atoms with van der Waals surface area (Å²) in [7, 11) is 1.51. The quantitative estimate of drug-likeness (QED) is 0.793. The average molecular weight is 235 g/mol. The van der Waals surface area contributed by atoms with Crippen LogP contribution in [0.25, 0.3) is 0 Å². The Morgan fingerprint density at radius 3 is 2.75 bits per heavy atom. The van der Waals surface area contributed by atoms with Crippen molar-refractivity contribution in [2.45, 2.75) is 18.3 Å². The molecule has 0 saturated carbocycles. The fourth-order valence-electron chi connectivity index (χ4n) is 1.77. The highest BCUT2D eigenvalue weighted by molar-refractivity contribution is 5.09. The third kappa shape index (κ3) is 1.60. The standard InChI is InChI=1S/C9H12F3N3O/c1-15-5-4-13-7(15)8(9(10,11)12)14-3-2-6-16-8/h4-5,14H,2-3,6H2,1H3. The van der Waals surface area contributed by atoms with Crippen LogP contribution in [0.15, 0.2) is 12.4 Å². The number of nitrogens with zero attached hydrogens (tertiary/aromatic N) is 2. The second kappa shape index (κ2) is 3.74. The molecule has 1 aromatic rings. The van der Waals surface area contributed by atoms with E-state index in [1.54, 1.807) is 0 Å². The first-order valence-corrected chi connectivity index (χ1v) is 4.91. The molecule has 0 spiro atoms. The van der Waals surface area contributed by atoms with E-state index in [4.69, 9.17) is 4.74 Å². The maximum absolute atomic E-state index is 13.1. The third-order valence-corrected chi connectivity index (χ3v) is 2.55. The van der Waals surface area contributed by atoms with E-state index in [0.29, 0.717) is 6.42 Å². The van der Waals surface area contributed by atoms with Gasteiger partial charge in [-0.2, -0.15) is 13.2 Å². The van der Waals surface area contributed by atoms with Gasteiger partial charge in [0.25, 0.3) is 5.72 Å². The summed E-state index contributed by atoms with van der Waals surface area (Å²) in [5.74, 6) is -0.167. The molecule has 1 aliphatic rings. The zero-order valence-corrected chi connectivity index (χ0v) is 8.71. The number of hydrogen-bond acceptors (Lipinski definition) is 3. The molecule has 90 valence electrons. The van der Waals surface area contributed by atoms with Gasteiger partial charge in [-0.05, 0) is 6.42 Å². The fourth-order valence-corrected chi connectivity index (χ4v) is 1.77. The van der Waals surface area contributed by atoms with Gasteiger partial charge in [-0.1, -0.05) is 0 Å². The van der Waals surface area contributed by atoms with Crippen molar-refractivity contribution in [1.29, 1.82) is 0 Å². The van der Waals surface area contributed by atoms with Crippen molar-refractivity contribution in [1.82, 2.24) is 14.9 Å². The number of aromatic nitrogens is 2. The van der Waals surface area contributed by atoms with Gasteiger partial charge in [-0.3, -0.25) is 5.32 Å². The summed E-state index contributed by atoms with van der Waals surface area (Å²) in [5, 5.41) is 2.39. The van der Waals surface area contributed by atoms with E-state index in [2.05, 4.69) is 10.3 Å². The Balaban J connectivity index is 2.46. The van der Waals surface area contributed by atoms with Gasteiger partial charge in [0.2, 0.25) is 0 Å². The zero-order valence-electron chi connectivity index (χ0n) is 8.71. The minimum Gasteiger partial charge on any atom is -0.346 e. The lowest BCUT2D eigenvalue weighted by atomic mass is 10.1. The van der Waals surface area contributed by atoms with E-state index in [1.165, 1.54) is 24.0 Å². The molecule has 1 atom stereocenters. The molecule has 0 amide bonds. The Morgan fingerprint density at radius 2 is 2.31 bits per heavy atom. The molecule has 1 fully saturated rings. The van der Waals surface area contributed by atoms with Gasteiger partial charge in [0.1, 0.15) is 0 Å². The number of ether oxygens (including phenoxy) is 1. The van der Waals surface area contributed by atoms with Gasteiger partial charge in [0, 0.05) is 26.0 Å². The SMILES string of the molecule is Cn1ccnc1C1(C(F)(F)F)NCCCO1. The van der Waals surface area contributed by atoms with Crippen LogP contribution in [0.2, 0.25) is 0 Å². The first-order chi connectivity index (χ1) is 7.47. The molecular weight excluding hydrogens is 223 g/mol. The Hall–Kier alpha value is -1.08. The second-order valence-corrected chi connectivity index (χ2v) is 3.67. The lowest BCUT2D eigenvalue weighted by molar-refractivity contribution is -0.311. The van der Waals surface area contributed by atoms with E-state index < -0.39 is 11.9 Å². The first kappa shape index (κ1) is 11.4. The highest BCUT2D eigenvalue weighted by Gasteiger charge is 2.60. The first-order valence-electron chi connectivity index (χ1n) is 4.91. The fraction of sp³-hybridized carbons (Fsp3) is 0.667. The van der Waals surface area contributed by atoms with Gasteiger partial charge in [0.05, 0.1) is 6.61 Å². The van der Waals surface area contributed by atoms with E-state index in [-0.39, 0.29) is 19.0 Å². The summed E-state index contributed by atoms with van der Waals surface area (Å²) in [6, 6.07) is 0. The Kier molecular flexibility index (Phi) is 2.67. The van der Waals surface area contributed by atoms with Crippen molar-refractivity contribution in [3.63, 3.8) is 0 Å². The van der Waals surface area contributed by atoms with E-state index in [9.17, 15) is 13.2 Å². The van der Waals surface area contributed by atoms with Crippen LogP contribution in [0, 0.1) is 0 Å². The Morgan fingerprint density at radius 1 is 1.56 bits per heavy atom. The molecule has 7 heteroatoms. The number of halogens is 3. The number of nitrogens with one attached hydrogen (secondary N) is 1. The zero-order chi connectivity index (χ0) is 11.8. The molecule has 1 N–H and O–H groups in total. The highest BCUT2D eigenvalue weighted by atomic mass is 19.4. The summed E-state index contributed by atoms with van der Waals surface area (Å²) in [6.45, 7) is 0.325. The largest absolute Gasteiger partial charge is 0.439 e. The number of rotatable bonds is 1. The number of alkyl halides is 3. The topological polar surface area (TPSA) is 39.1 Å². The monoisotopic (exact) mass is 235 g/mol. The van der Waals surface area contributed by atoms with Crippen LogP contribution in [-0.4, -0.2) is 28.9 Å². The molecule has 4 nitrogen and oxygen atoms in total. The maximum atomic E-state index is 13.1. The summed E-state index contributed by atoms with van der Waals surface area (Å²) < 4.78 is 45.5. The maximum Gasteiger partial charge on any atom is 0.439 e. The van der Waals surface area contributed by atoms with Gasteiger partial charge in [-0.15, -0.1) is 0 Å². The van der Waals surface area contributed by atoms with Gasteiger partial charge >= 0.3 is 6.18 Å². The summed E-state index contributed by atoms with van der Waals surface area (Å²) >= 11 is 0. The van der Waals surface area contributed by atoms with E-state index >= 15 is 0 Å². The second-order valence-electron chi connectivity index (χ2n) is 3.67. The molecule has 2 heterocycles. The molecule has 2 rings (SSSR count). The predicted molar refractivity (Wildman–Crippen MR) is 49.5 cm³/mol. The van der Waals surface area contributed by atoms with Crippen molar-refractivity contribution < 1.29 is 17.9 Å². The van der Waals surface area contributed by atoms with Crippen molar-refractivity contribution in [2.75, 3.05) is 13.2 Å². The minimum absolute atomic E-state index is 0.0688. The highest BCUT2D eigenvalue weighted by Crippen LogP contribution is 2.40. The molecular formula is C9H12F3N3O. The average Bonchev–Trinajstić information content (AvgIpc) is 2.64. The number of imidazole rings is 1. The molecule has 1 aliphatic heterocycles. The van der Waals surface area contributed by atoms with Crippen LogP contribution in [0.1, 0.15) is 12.2 Å². The molecule has 0 aliphatic carbocycles. The summed E-state index contributed by atoms with van der Waals surface area (Å²) in [6.07, 6.45) is -1.19. The van der Waals surface area contributed by atoms with Crippen molar-refractivity contribution in [3.05, 3.63) is 18.2 Å². The van der Waals surface area contributed by atoms with Crippen LogP contribution in [0.4, 0.5) is 13.2 Å². The Bertz CT molecular complexity index is 368. The minimum atomic E-state index is -4.54. The number of aryl methyl sites for hydroxylation is 1. The lowest BCUT2D eigenvalue weighted by Gasteiger charge is -2.38. The third-order valence-electron chi connectivity index (χ3n) is 2.55. The molecule has 0 aromatic carbocycles. The van der Waals surface area contributed by atoms with Gasteiger partial charge in [-0.25, -0.2) is 4.98 Å². The van der Waals surface area contributed by atoms with Crippen LogP contribution >= 0.6 is 0 Å². The van der Waals surface area contributed by atoms with Gasteiger partial charge < -0.3 is 9.30 Å². The molecule has 0 bridgehead atoms. The van der Waals surface area contributed by atoms with Crippen LogP contribution in [0.3, 0.4) is 0 Å². The van der Waals surface area contributed by atoms with Crippen LogP contribution in [0.5, 0.6) is 0 Å². The van der Waals surface area contributed by atoms with E-state index in [1.807, 2.05) is 0 Å².